The Morgan fingerprint density at radius 1 is 1.41 bits per heavy atom. The van der Waals surface area contributed by atoms with Crippen molar-refractivity contribution in [2.75, 3.05) is 0 Å². The SMILES string of the molecule is Cc1cc(C=O)c(C)n1CCc1cnn(C)c1. The number of hydrogen-bond donors (Lipinski definition) is 0. The summed E-state index contributed by atoms with van der Waals surface area (Å²) in [6.07, 6.45) is 5.76. The van der Waals surface area contributed by atoms with Gasteiger partial charge in [-0.25, -0.2) is 0 Å². The highest BCUT2D eigenvalue weighted by atomic mass is 16.1. The summed E-state index contributed by atoms with van der Waals surface area (Å²) >= 11 is 0. The lowest BCUT2D eigenvalue weighted by atomic mass is 10.2. The zero-order valence-electron chi connectivity index (χ0n) is 10.5. The van der Waals surface area contributed by atoms with Crippen LogP contribution in [0.4, 0.5) is 0 Å². The average Bonchev–Trinajstić information content (AvgIpc) is 2.82. The maximum absolute atomic E-state index is 10.8. The highest BCUT2D eigenvalue weighted by Gasteiger charge is 2.08. The minimum absolute atomic E-state index is 0.786. The molecule has 0 saturated heterocycles. The van der Waals surface area contributed by atoms with Gasteiger partial charge in [0, 0.05) is 36.7 Å². The topological polar surface area (TPSA) is 39.8 Å². The quantitative estimate of drug-likeness (QED) is 0.754. The van der Waals surface area contributed by atoms with E-state index in [-0.39, 0.29) is 0 Å². The molecule has 4 heteroatoms. The maximum atomic E-state index is 10.8. The van der Waals surface area contributed by atoms with Crippen LogP contribution in [0.2, 0.25) is 0 Å². The van der Waals surface area contributed by atoms with Gasteiger partial charge in [-0.05, 0) is 31.9 Å². The van der Waals surface area contributed by atoms with Crippen molar-refractivity contribution >= 4 is 6.29 Å². The lowest BCUT2D eigenvalue weighted by Gasteiger charge is -2.08. The highest BCUT2D eigenvalue weighted by Crippen LogP contribution is 2.14. The molecular weight excluding hydrogens is 214 g/mol. The minimum atomic E-state index is 0.786. The van der Waals surface area contributed by atoms with Crippen molar-refractivity contribution in [1.82, 2.24) is 14.3 Å². The third kappa shape index (κ3) is 2.30. The van der Waals surface area contributed by atoms with Crippen LogP contribution in [0.1, 0.15) is 27.3 Å². The van der Waals surface area contributed by atoms with Crippen LogP contribution in [0.25, 0.3) is 0 Å². The van der Waals surface area contributed by atoms with Gasteiger partial charge in [0.1, 0.15) is 0 Å². The van der Waals surface area contributed by atoms with Gasteiger partial charge in [-0.2, -0.15) is 5.10 Å². The minimum Gasteiger partial charge on any atom is -0.348 e. The first kappa shape index (κ1) is 11.6. The van der Waals surface area contributed by atoms with Gasteiger partial charge in [-0.15, -0.1) is 0 Å². The van der Waals surface area contributed by atoms with Crippen LogP contribution in [0.3, 0.4) is 0 Å². The van der Waals surface area contributed by atoms with Gasteiger partial charge in [0.05, 0.1) is 6.20 Å². The molecular formula is C13H17N3O. The van der Waals surface area contributed by atoms with E-state index >= 15 is 0 Å². The molecule has 0 aliphatic heterocycles. The second-order valence-electron chi connectivity index (χ2n) is 4.37. The van der Waals surface area contributed by atoms with Gasteiger partial charge in [0.2, 0.25) is 0 Å². The molecule has 2 aromatic rings. The number of aldehydes is 1. The van der Waals surface area contributed by atoms with Crippen LogP contribution in [-0.4, -0.2) is 20.6 Å². The van der Waals surface area contributed by atoms with Gasteiger partial charge in [-0.3, -0.25) is 9.48 Å². The summed E-state index contributed by atoms with van der Waals surface area (Å²) in [5.74, 6) is 0. The summed E-state index contributed by atoms with van der Waals surface area (Å²) in [4.78, 5) is 10.8. The lowest BCUT2D eigenvalue weighted by molar-refractivity contribution is 0.112. The van der Waals surface area contributed by atoms with Crippen LogP contribution in [0, 0.1) is 13.8 Å². The monoisotopic (exact) mass is 231 g/mol. The Morgan fingerprint density at radius 3 is 2.71 bits per heavy atom. The molecule has 0 saturated carbocycles. The van der Waals surface area contributed by atoms with Crippen molar-refractivity contribution in [3.05, 3.63) is 41.0 Å². The predicted octanol–water partition coefficient (Wildman–Crippen LogP) is 1.89. The maximum Gasteiger partial charge on any atom is 0.151 e. The van der Waals surface area contributed by atoms with Crippen LogP contribution >= 0.6 is 0 Å². The van der Waals surface area contributed by atoms with Crippen molar-refractivity contribution < 1.29 is 4.79 Å². The Labute approximate surface area is 101 Å². The molecule has 0 aromatic carbocycles. The molecule has 90 valence electrons. The zero-order chi connectivity index (χ0) is 12.4. The molecule has 4 nitrogen and oxygen atoms in total. The van der Waals surface area contributed by atoms with Crippen LogP contribution in [-0.2, 0) is 20.0 Å². The summed E-state index contributed by atoms with van der Waals surface area (Å²) in [6.45, 7) is 4.90. The first-order valence-corrected chi connectivity index (χ1v) is 5.71. The standard InChI is InChI=1S/C13H17N3O/c1-10-6-13(9-17)11(2)16(10)5-4-12-7-14-15(3)8-12/h6-9H,4-5H2,1-3H3. The lowest BCUT2D eigenvalue weighted by Crippen LogP contribution is -2.05. The number of aromatic nitrogens is 3. The van der Waals surface area contributed by atoms with E-state index in [1.807, 2.05) is 44.0 Å². The Morgan fingerprint density at radius 2 is 2.18 bits per heavy atom. The molecule has 0 bridgehead atoms. The molecule has 0 aliphatic carbocycles. The molecule has 2 heterocycles. The van der Waals surface area contributed by atoms with Crippen molar-refractivity contribution in [1.29, 1.82) is 0 Å². The largest absolute Gasteiger partial charge is 0.348 e. The highest BCUT2D eigenvalue weighted by molar-refractivity contribution is 5.77. The average molecular weight is 231 g/mol. The first-order valence-electron chi connectivity index (χ1n) is 5.71. The second kappa shape index (κ2) is 4.57. The van der Waals surface area contributed by atoms with E-state index in [2.05, 4.69) is 9.67 Å². The van der Waals surface area contributed by atoms with Gasteiger partial charge in [-0.1, -0.05) is 0 Å². The van der Waals surface area contributed by atoms with E-state index in [4.69, 9.17) is 0 Å². The number of aryl methyl sites for hydroxylation is 3. The molecule has 0 amide bonds. The van der Waals surface area contributed by atoms with Crippen molar-refractivity contribution in [2.24, 2.45) is 7.05 Å². The molecule has 0 radical (unpaired) electrons. The van der Waals surface area contributed by atoms with Gasteiger partial charge in [0.25, 0.3) is 0 Å². The fourth-order valence-corrected chi connectivity index (χ4v) is 2.13. The van der Waals surface area contributed by atoms with Crippen molar-refractivity contribution in [3.8, 4) is 0 Å². The molecule has 0 unspecified atom stereocenters. The van der Waals surface area contributed by atoms with Crippen molar-refractivity contribution in [3.63, 3.8) is 0 Å². The molecule has 2 rings (SSSR count). The molecule has 0 N–H and O–H groups in total. The van der Waals surface area contributed by atoms with Gasteiger partial charge >= 0.3 is 0 Å². The van der Waals surface area contributed by atoms with Crippen molar-refractivity contribution in [2.45, 2.75) is 26.8 Å². The molecule has 2 aromatic heterocycles. The molecule has 0 spiro atoms. The van der Waals surface area contributed by atoms with E-state index in [9.17, 15) is 4.79 Å². The predicted molar refractivity (Wildman–Crippen MR) is 66.2 cm³/mol. The Balaban J connectivity index is 2.13. The number of carbonyl (C=O) groups excluding carboxylic acids is 1. The smallest absolute Gasteiger partial charge is 0.151 e. The van der Waals surface area contributed by atoms with E-state index in [1.54, 1.807) is 0 Å². The first-order chi connectivity index (χ1) is 8.11. The summed E-state index contributed by atoms with van der Waals surface area (Å²) < 4.78 is 3.98. The zero-order valence-corrected chi connectivity index (χ0v) is 10.5. The van der Waals surface area contributed by atoms with Crippen LogP contribution in [0.15, 0.2) is 18.5 Å². The molecule has 0 atom stereocenters. The van der Waals surface area contributed by atoms with E-state index in [0.29, 0.717) is 0 Å². The van der Waals surface area contributed by atoms with E-state index in [0.717, 1.165) is 36.2 Å². The number of rotatable bonds is 4. The fourth-order valence-electron chi connectivity index (χ4n) is 2.13. The Bertz CT molecular complexity index is 537. The van der Waals surface area contributed by atoms with Gasteiger partial charge in [0.15, 0.2) is 6.29 Å². The third-order valence-electron chi connectivity index (χ3n) is 3.12. The summed E-state index contributed by atoms with van der Waals surface area (Å²) in [7, 11) is 1.92. The third-order valence-corrected chi connectivity index (χ3v) is 3.12. The number of nitrogens with zero attached hydrogens (tertiary/aromatic N) is 3. The van der Waals surface area contributed by atoms with E-state index in [1.165, 1.54) is 5.56 Å². The van der Waals surface area contributed by atoms with Crippen LogP contribution in [0.5, 0.6) is 0 Å². The van der Waals surface area contributed by atoms with E-state index < -0.39 is 0 Å². The molecule has 0 fully saturated rings. The van der Waals surface area contributed by atoms with Crippen LogP contribution < -0.4 is 0 Å². The number of carbonyl (C=O) groups is 1. The Hall–Kier alpha value is -1.84. The summed E-state index contributed by atoms with van der Waals surface area (Å²) in [6, 6.07) is 1.94. The Kier molecular flexibility index (Phi) is 3.13. The fraction of sp³-hybridized carbons (Fsp3) is 0.385. The molecule has 0 aliphatic rings. The summed E-state index contributed by atoms with van der Waals surface area (Å²) in [5, 5.41) is 4.15. The second-order valence-corrected chi connectivity index (χ2v) is 4.37. The number of hydrogen-bond acceptors (Lipinski definition) is 2. The molecule has 17 heavy (non-hydrogen) atoms. The normalized spacial score (nSPS) is 10.8. The summed E-state index contributed by atoms with van der Waals surface area (Å²) in [5.41, 5.74) is 4.18. The van der Waals surface area contributed by atoms with Gasteiger partial charge < -0.3 is 4.57 Å².